The van der Waals surface area contributed by atoms with Gasteiger partial charge in [0.1, 0.15) is 11.5 Å². The van der Waals surface area contributed by atoms with Gasteiger partial charge in [-0.15, -0.1) is 0 Å². The summed E-state index contributed by atoms with van der Waals surface area (Å²) in [5, 5.41) is 10.7. The molecule has 158 valence electrons. The minimum Gasteiger partial charge on any atom is -0.495 e. The number of ether oxygens (including phenoxy) is 2. The fraction of sp³-hybridized carbons (Fsp3) is 0.130. The Bertz CT molecular complexity index is 1250. The Hall–Kier alpha value is -4.07. The summed E-state index contributed by atoms with van der Waals surface area (Å²) >= 11 is 0. The molecule has 0 radical (unpaired) electrons. The Kier molecular flexibility index (Phi) is 5.70. The highest BCUT2D eigenvalue weighted by molar-refractivity contribution is 6.05. The second kappa shape index (κ2) is 8.74. The van der Waals surface area contributed by atoms with Gasteiger partial charge in [0, 0.05) is 0 Å². The van der Waals surface area contributed by atoms with Crippen molar-refractivity contribution in [3.63, 3.8) is 0 Å². The van der Waals surface area contributed by atoms with Crippen molar-refractivity contribution in [3.05, 3.63) is 77.1 Å². The lowest BCUT2D eigenvalue weighted by Crippen LogP contribution is -2.23. The molecule has 0 unspecified atom stereocenters. The van der Waals surface area contributed by atoms with Gasteiger partial charge in [0.2, 0.25) is 0 Å². The van der Waals surface area contributed by atoms with E-state index in [9.17, 15) is 9.18 Å². The third-order valence-electron chi connectivity index (χ3n) is 4.77. The summed E-state index contributed by atoms with van der Waals surface area (Å²) in [6, 6.07) is 11.5. The number of rotatable bonds is 7. The molecule has 0 spiro atoms. The van der Waals surface area contributed by atoms with Gasteiger partial charge in [-0.3, -0.25) is 9.89 Å². The summed E-state index contributed by atoms with van der Waals surface area (Å²) in [4.78, 5) is 12.7. The van der Waals surface area contributed by atoms with E-state index >= 15 is 0 Å². The number of hydrogen-bond acceptors (Lipinski definition) is 5. The number of aromatic nitrogens is 2. The molecule has 0 fully saturated rings. The number of nitrogens with zero attached hydrogens (tertiary/aromatic N) is 1. The van der Waals surface area contributed by atoms with Gasteiger partial charge in [0.05, 0.1) is 49.2 Å². The monoisotopic (exact) mass is 421 g/mol. The Morgan fingerprint density at radius 3 is 2.81 bits per heavy atom. The lowest BCUT2D eigenvalue weighted by molar-refractivity contribution is 0.0945. The Morgan fingerprint density at radius 2 is 2.06 bits per heavy atom. The topological polar surface area (TPSA) is 89.4 Å². The second-order valence-electron chi connectivity index (χ2n) is 6.67. The maximum atomic E-state index is 13.6. The van der Waals surface area contributed by atoms with E-state index in [1.807, 2.05) is 0 Å². The third kappa shape index (κ3) is 4.13. The molecule has 0 saturated heterocycles. The maximum Gasteiger partial charge on any atom is 0.255 e. The van der Waals surface area contributed by atoms with E-state index in [0.29, 0.717) is 33.7 Å². The normalized spacial score (nSPS) is 11.2. The molecule has 2 aromatic heterocycles. The SMILES string of the molecule is COc1cc(/C=C/c2[nH]nc3ccc(C(=O)NCc4ccco4)c(OC)c23)ccc1F. The van der Waals surface area contributed by atoms with Crippen LogP contribution in [0.1, 0.15) is 27.4 Å². The van der Waals surface area contributed by atoms with Crippen LogP contribution in [0.3, 0.4) is 0 Å². The first-order chi connectivity index (χ1) is 15.1. The largest absolute Gasteiger partial charge is 0.495 e. The first-order valence-corrected chi connectivity index (χ1v) is 9.48. The molecule has 2 N–H and O–H groups in total. The van der Waals surface area contributed by atoms with Crippen LogP contribution in [0.15, 0.2) is 53.1 Å². The van der Waals surface area contributed by atoms with Gasteiger partial charge in [0.15, 0.2) is 11.6 Å². The molecule has 4 rings (SSSR count). The number of methoxy groups -OCH3 is 2. The summed E-state index contributed by atoms with van der Waals surface area (Å²) in [5.41, 5.74) is 2.42. The van der Waals surface area contributed by atoms with Crippen LogP contribution in [0.25, 0.3) is 23.1 Å². The van der Waals surface area contributed by atoms with Crippen LogP contribution in [0.5, 0.6) is 11.5 Å². The standard InChI is InChI=1S/C23H20FN3O4/c1-29-20-12-14(5-8-17(20)24)6-9-18-21-19(27-26-18)10-7-16(22(21)30-2)23(28)25-13-15-4-3-11-31-15/h3-12H,13H2,1-2H3,(H,25,28)(H,26,27)/b9-6+. The Labute approximate surface area is 177 Å². The van der Waals surface area contributed by atoms with Crippen LogP contribution >= 0.6 is 0 Å². The van der Waals surface area contributed by atoms with Crippen molar-refractivity contribution in [1.29, 1.82) is 0 Å². The lowest BCUT2D eigenvalue weighted by atomic mass is 10.1. The van der Waals surface area contributed by atoms with Crippen molar-refractivity contribution in [3.8, 4) is 11.5 Å². The summed E-state index contributed by atoms with van der Waals surface area (Å²) in [7, 11) is 2.92. The lowest BCUT2D eigenvalue weighted by Gasteiger charge is -2.10. The van der Waals surface area contributed by atoms with Crippen molar-refractivity contribution >= 4 is 29.0 Å². The number of benzene rings is 2. The van der Waals surface area contributed by atoms with Crippen LogP contribution in [0.2, 0.25) is 0 Å². The highest BCUT2D eigenvalue weighted by Gasteiger charge is 2.19. The van der Waals surface area contributed by atoms with Gasteiger partial charge in [-0.1, -0.05) is 12.1 Å². The second-order valence-corrected chi connectivity index (χ2v) is 6.67. The molecule has 0 aliphatic rings. The van der Waals surface area contributed by atoms with E-state index in [2.05, 4.69) is 15.5 Å². The van der Waals surface area contributed by atoms with E-state index < -0.39 is 5.82 Å². The van der Waals surface area contributed by atoms with Crippen LogP contribution in [-0.4, -0.2) is 30.3 Å². The van der Waals surface area contributed by atoms with Crippen molar-refractivity contribution in [1.82, 2.24) is 15.5 Å². The predicted octanol–water partition coefficient (Wildman–Crippen LogP) is 4.41. The van der Waals surface area contributed by atoms with Gasteiger partial charge >= 0.3 is 0 Å². The van der Waals surface area contributed by atoms with Gasteiger partial charge in [-0.2, -0.15) is 5.10 Å². The minimum absolute atomic E-state index is 0.157. The van der Waals surface area contributed by atoms with Gasteiger partial charge in [-0.05, 0) is 48.0 Å². The Morgan fingerprint density at radius 1 is 1.19 bits per heavy atom. The van der Waals surface area contributed by atoms with Crippen LogP contribution in [-0.2, 0) is 6.54 Å². The third-order valence-corrected chi connectivity index (χ3v) is 4.77. The number of hydrogen-bond donors (Lipinski definition) is 2. The fourth-order valence-corrected chi connectivity index (χ4v) is 3.25. The number of H-pyrrole nitrogens is 1. The molecule has 0 aliphatic carbocycles. The summed E-state index contributed by atoms with van der Waals surface area (Å²) in [5.74, 6) is 0.479. The number of halogens is 1. The van der Waals surface area contributed by atoms with E-state index in [-0.39, 0.29) is 18.2 Å². The highest BCUT2D eigenvalue weighted by atomic mass is 19.1. The zero-order valence-electron chi connectivity index (χ0n) is 16.9. The van der Waals surface area contributed by atoms with Crippen LogP contribution < -0.4 is 14.8 Å². The van der Waals surface area contributed by atoms with Crippen molar-refractivity contribution in [2.45, 2.75) is 6.54 Å². The zero-order valence-corrected chi connectivity index (χ0v) is 16.9. The molecule has 2 aromatic carbocycles. The van der Waals surface area contributed by atoms with Crippen LogP contribution in [0.4, 0.5) is 4.39 Å². The molecule has 1 amide bonds. The molecule has 31 heavy (non-hydrogen) atoms. The van der Waals surface area contributed by atoms with Crippen molar-refractivity contribution in [2.75, 3.05) is 14.2 Å². The van der Waals surface area contributed by atoms with E-state index in [1.54, 1.807) is 54.8 Å². The molecule has 0 saturated carbocycles. The van der Waals surface area contributed by atoms with Gasteiger partial charge in [-0.25, -0.2) is 4.39 Å². The molecule has 0 bridgehead atoms. The molecule has 0 atom stereocenters. The van der Waals surface area contributed by atoms with Crippen LogP contribution in [0, 0.1) is 5.82 Å². The summed E-state index contributed by atoms with van der Waals surface area (Å²) in [6.45, 7) is 0.261. The molecule has 0 aliphatic heterocycles. The number of carbonyl (C=O) groups excluding carboxylic acids is 1. The zero-order chi connectivity index (χ0) is 21.8. The average Bonchev–Trinajstić information content (AvgIpc) is 3.46. The first-order valence-electron chi connectivity index (χ1n) is 9.48. The molecular formula is C23H20FN3O4. The molecule has 7 nitrogen and oxygen atoms in total. The highest BCUT2D eigenvalue weighted by Crippen LogP contribution is 2.32. The number of aromatic amines is 1. The predicted molar refractivity (Wildman–Crippen MR) is 114 cm³/mol. The van der Waals surface area contributed by atoms with E-state index in [4.69, 9.17) is 13.9 Å². The number of amides is 1. The summed E-state index contributed by atoms with van der Waals surface area (Å²) < 4.78 is 29.5. The first kappa shape index (κ1) is 20.2. The number of nitrogens with one attached hydrogen (secondary N) is 2. The van der Waals surface area contributed by atoms with Crippen molar-refractivity contribution < 1.29 is 23.1 Å². The molecule has 2 heterocycles. The summed E-state index contributed by atoms with van der Waals surface area (Å²) in [6.07, 6.45) is 5.13. The number of furan rings is 1. The maximum absolute atomic E-state index is 13.6. The Balaban J connectivity index is 1.66. The number of carbonyl (C=O) groups is 1. The number of fused-ring (bicyclic) bond motifs is 1. The average molecular weight is 421 g/mol. The quantitative estimate of drug-likeness (QED) is 0.461. The molecule has 4 aromatic rings. The minimum atomic E-state index is -0.432. The molecular weight excluding hydrogens is 401 g/mol. The van der Waals surface area contributed by atoms with Crippen molar-refractivity contribution in [2.24, 2.45) is 0 Å². The smallest absolute Gasteiger partial charge is 0.255 e. The van der Waals surface area contributed by atoms with E-state index in [1.165, 1.54) is 20.3 Å². The van der Waals surface area contributed by atoms with Gasteiger partial charge in [0.25, 0.3) is 5.91 Å². The van der Waals surface area contributed by atoms with E-state index in [0.717, 1.165) is 5.56 Å². The van der Waals surface area contributed by atoms with Gasteiger partial charge < -0.3 is 19.2 Å². The fourth-order valence-electron chi connectivity index (χ4n) is 3.25. The molecule has 8 heteroatoms.